The number of nitrogens with two attached hydrogens (primary N) is 1. The Labute approximate surface area is 116 Å². The summed E-state index contributed by atoms with van der Waals surface area (Å²) in [7, 11) is 1.85. The van der Waals surface area contributed by atoms with Crippen molar-refractivity contribution in [1.82, 2.24) is 29.5 Å². The predicted molar refractivity (Wildman–Crippen MR) is 75.2 cm³/mol. The molecule has 0 saturated carbocycles. The van der Waals surface area contributed by atoms with Crippen LogP contribution in [0.5, 0.6) is 0 Å². The zero-order valence-corrected chi connectivity index (χ0v) is 11.6. The van der Waals surface area contributed by atoms with Crippen molar-refractivity contribution in [2.45, 2.75) is 13.8 Å². The molecule has 0 atom stereocenters. The molecule has 3 aromatic rings. The lowest BCUT2D eigenvalue weighted by Crippen LogP contribution is -2.04. The first-order valence-electron chi connectivity index (χ1n) is 6.20. The molecule has 2 N–H and O–H groups in total. The van der Waals surface area contributed by atoms with Crippen LogP contribution in [0.4, 0.5) is 5.69 Å². The summed E-state index contributed by atoms with van der Waals surface area (Å²) in [5, 5.41) is 8.58. The van der Waals surface area contributed by atoms with E-state index in [4.69, 9.17) is 5.73 Å². The van der Waals surface area contributed by atoms with E-state index in [-0.39, 0.29) is 0 Å². The number of hydrogen-bond donors (Lipinski definition) is 1. The molecule has 7 nitrogen and oxygen atoms in total. The number of rotatable bonds is 2. The van der Waals surface area contributed by atoms with Crippen LogP contribution in [0.3, 0.4) is 0 Å². The van der Waals surface area contributed by atoms with E-state index >= 15 is 0 Å². The molecule has 0 bridgehead atoms. The van der Waals surface area contributed by atoms with Crippen molar-refractivity contribution in [3.8, 4) is 17.2 Å². The van der Waals surface area contributed by atoms with E-state index in [1.54, 1.807) is 21.8 Å². The number of hydrogen-bond acceptors (Lipinski definition) is 5. The fourth-order valence-electron chi connectivity index (χ4n) is 2.07. The Morgan fingerprint density at radius 2 is 1.80 bits per heavy atom. The molecule has 0 fully saturated rings. The van der Waals surface area contributed by atoms with Crippen LogP contribution < -0.4 is 5.73 Å². The highest BCUT2D eigenvalue weighted by molar-refractivity contribution is 5.71. The summed E-state index contributed by atoms with van der Waals surface area (Å²) in [4.78, 5) is 8.74. The Morgan fingerprint density at radius 3 is 2.40 bits per heavy atom. The molecule has 0 aliphatic rings. The molecular formula is C13H15N7. The van der Waals surface area contributed by atoms with Gasteiger partial charge in [0.25, 0.3) is 5.95 Å². The SMILES string of the molecule is Cc1cc(C)nc(-n2cc(N)c(-c3cnn(C)c3)n2)n1. The summed E-state index contributed by atoms with van der Waals surface area (Å²) in [6.07, 6.45) is 5.31. The molecule has 3 rings (SSSR count). The zero-order chi connectivity index (χ0) is 14.3. The third kappa shape index (κ3) is 2.13. The quantitative estimate of drug-likeness (QED) is 0.756. The van der Waals surface area contributed by atoms with Crippen molar-refractivity contribution in [2.24, 2.45) is 7.05 Å². The Kier molecular flexibility index (Phi) is 2.74. The number of nitrogen functional groups attached to an aromatic ring is 1. The summed E-state index contributed by atoms with van der Waals surface area (Å²) in [5.74, 6) is 0.518. The maximum Gasteiger partial charge on any atom is 0.251 e. The van der Waals surface area contributed by atoms with Crippen LogP contribution >= 0.6 is 0 Å². The van der Waals surface area contributed by atoms with Gasteiger partial charge in [-0.05, 0) is 19.9 Å². The van der Waals surface area contributed by atoms with Crippen molar-refractivity contribution in [1.29, 1.82) is 0 Å². The lowest BCUT2D eigenvalue weighted by Gasteiger charge is -2.01. The van der Waals surface area contributed by atoms with Crippen LogP contribution in [-0.2, 0) is 7.05 Å². The summed E-state index contributed by atoms with van der Waals surface area (Å²) < 4.78 is 3.30. The smallest absolute Gasteiger partial charge is 0.251 e. The number of nitrogens with zero attached hydrogens (tertiary/aromatic N) is 6. The zero-order valence-electron chi connectivity index (χ0n) is 11.6. The van der Waals surface area contributed by atoms with Crippen LogP contribution in [-0.4, -0.2) is 29.5 Å². The van der Waals surface area contributed by atoms with Gasteiger partial charge in [0.2, 0.25) is 0 Å². The molecule has 0 aliphatic heterocycles. The Morgan fingerprint density at radius 1 is 1.10 bits per heavy atom. The second kappa shape index (κ2) is 4.44. The van der Waals surface area contributed by atoms with Gasteiger partial charge < -0.3 is 5.73 Å². The molecular weight excluding hydrogens is 254 g/mol. The second-order valence-electron chi connectivity index (χ2n) is 4.73. The molecule has 0 spiro atoms. The minimum Gasteiger partial charge on any atom is -0.396 e. The Hall–Kier alpha value is -2.70. The molecule has 0 unspecified atom stereocenters. The average molecular weight is 269 g/mol. The molecule has 7 heteroatoms. The van der Waals surface area contributed by atoms with Crippen LogP contribution in [0, 0.1) is 13.8 Å². The lowest BCUT2D eigenvalue weighted by molar-refractivity contribution is 0.767. The molecule has 0 aliphatic carbocycles. The largest absolute Gasteiger partial charge is 0.396 e. The molecule has 3 aromatic heterocycles. The second-order valence-corrected chi connectivity index (χ2v) is 4.73. The van der Waals surface area contributed by atoms with Gasteiger partial charge in [0.1, 0.15) is 5.69 Å². The van der Waals surface area contributed by atoms with Crippen LogP contribution in [0.25, 0.3) is 17.2 Å². The topological polar surface area (TPSA) is 87.4 Å². The average Bonchev–Trinajstić information content (AvgIpc) is 2.94. The van der Waals surface area contributed by atoms with E-state index in [1.807, 2.05) is 33.2 Å². The number of aromatic nitrogens is 6. The van der Waals surface area contributed by atoms with E-state index in [0.717, 1.165) is 17.0 Å². The summed E-state index contributed by atoms with van der Waals surface area (Å²) >= 11 is 0. The van der Waals surface area contributed by atoms with Gasteiger partial charge in [0.05, 0.1) is 18.1 Å². The first-order chi connectivity index (χ1) is 9.52. The highest BCUT2D eigenvalue weighted by Gasteiger charge is 2.13. The van der Waals surface area contributed by atoms with Gasteiger partial charge in [0, 0.05) is 30.2 Å². The number of anilines is 1. The molecule has 0 saturated heterocycles. The molecule has 0 amide bonds. The molecule has 102 valence electrons. The van der Waals surface area contributed by atoms with Gasteiger partial charge in [-0.3, -0.25) is 4.68 Å². The van der Waals surface area contributed by atoms with Gasteiger partial charge >= 0.3 is 0 Å². The van der Waals surface area contributed by atoms with Crippen molar-refractivity contribution < 1.29 is 0 Å². The Bertz CT molecular complexity index is 749. The third-order valence-electron chi connectivity index (χ3n) is 2.90. The van der Waals surface area contributed by atoms with Gasteiger partial charge in [-0.25, -0.2) is 14.6 Å². The molecule has 0 aromatic carbocycles. The van der Waals surface area contributed by atoms with Gasteiger partial charge in [-0.15, -0.1) is 0 Å². The van der Waals surface area contributed by atoms with Gasteiger partial charge in [-0.2, -0.15) is 10.2 Å². The monoisotopic (exact) mass is 269 g/mol. The fraction of sp³-hybridized carbons (Fsp3) is 0.231. The maximum absolute atomic E-state index is 6.02. The normalized spacial score (nSPS) is 10.9. The maximum atomic E-state index is 6.02. The summed E-state index contributed by atoms with van der Waals surface area (Å²) in [5.41, 5.74) is 9.93. The minimum absolute atomic E-state index is 0.518. The van der Waals surface area contributed by atoms with E-state index in [1.165, 1.54) is 0 Å². The van der Waals surface area contributed by atoms with Gasteiger partial charge in [0.15, 0.2) is 0 Å². The first kappa shape index (κ1) is 12.3. The lowest BCUT2D eigenvalue weighted by atomic mass is 10.2. The van der Waals surface area contributed by atoms with Crippen LogP contribution in [0.15, 0.2) is 24.7 Å². The van der Waals surface area contributed by atoms with Crippen molar-refractivity contribution in [2.75, 3.05) is 5.73 Å². The van der Waals surface area contributed by atoms with Gasteiger partial charge in [-0.1, -0.05) is 0 Å². The minimum atomic E-state index is 0.518. The van der Waals surface area contributed by atoms with Crippen molar-refractivity contribution in [3.63, 3.8) is 0 Å². The standard InChI is InChI=1S/C13H15N7/c1-8-4-9(2)17-13(16-8)20-7-11(14)12(18-20)10-5-15-19(3)6-10/h4-7H,14H2,1-3H3. The van der Waals surface area contributed by atoms with Crippen LogP contribution in [0.2, 0.25) is 0 Å². The molecule has 0 radical (unpaired) electrons. The highest BCUT2D eigenvalue weighted by atomic mass is 15.4. The molecule has 20 heavy (non-hydrogen) atoms. The number of aryl methyl sites for hydroxylation is 3. The molecule has 3 heterocycles. The summed E-state index contributed by atoms with van der Waals surface area (Å²) in [6, 6.07) is 1.92. The fourth-order valence-corrected chi connectivity index (χ4v) is 2.07. The van der Waals surface area contributed by atoms with E-state index in [9.17, 15) is 0 Å². The van der Waals surface area contributed by atoms with Crippen molar-refractivity contribution >= 4 is 5.69 Å². The third-order valence-corrected chi connectivity index (χ3v) is 2.90. The van der Waals surface area contributed by atoms with Crippen molar-refractivity contribution in [3.05, 3.63) is 36.0 Å². The summed E-state index contributed by atoms with van der Waals surface area (Å²) in [6.45, 7) is 3.85. The Balaban J connectivity index is 2.08. The highest BCUT2D eigenvalue weighted by Crippen LogP contribution is 2.24. The van der Waals surface area contributed by atoms with E-state index < -0.39 is 0 Å². The van der Waals surface area contributed by atoms with Crippen LogP contribution in [0.1, 0.15) is 11.4 Å². The van der Waals surface area contributed by atoms with E-state index in [0.29, 0.717) is 17.3 Å². The predicted octanol–water partition coefficient (Wildman–Crippen LogP) is 1.26. The van der Waals surface area contributed by atoms with E-state index in [2.05, 4.69) is 20.2 Å². The first-order valence-corrected chi connectivity index (χ1v) is 6.20.